The normalized spacial score (nSPS) is 16.1. The molecule has 118 valence electrons. The SMILES string of the molecule is Oc1ccc(N2CCN(Cc3cc4ccccn4n3)CC2)cc1. The molecule has 0 amide bonds. The summed E-state index contributed by atoms with van der Waals surface area (Å²) in [6.45, 7) is 4.94. The summed E-state index contributed by atoms with van der Waals surface area (Å²) in [6, 6.07) is 15.7. The minimum Gasteiger partial charge on any atom is -0.508 e. The minimum atomic E-state index is 0.319. The second-order valence-corrected chi connectivity index (χ2v) is 5.99. The molecule has 4 rings (SSSR count). The highest BCUT2D eigenvalue weighted by Gasteiger charge is 2.18. The van der Waals surface area contributed by atoms with Gasteiger partial charge in [0.15, 0.2) is 0 Å². The number of fused-ring (bicyclic) bond motifs is 1. The zero-order valence-corrected chi connectivity index (χ0v) is 13.0. The molecule has 5 heteroatoms. The first-order valence-electron chi connectivity index (χ1n) is 7.97. The number of aromatic nitrogens is 2. The molecule has 1 saturated heterocycles. The van der Waals surface area contributed by atoms with Crippen molar-refractivity contribution in [1.82, 2.24) is 14.5 Å². The van der Waals surface area contributed by atoms with Crippen molar-refractivity contribution in [3.63, 3.8) is 0 Å². The van der Waals surface area contributed by atoms with E-state index in [0.717, 1.165) is 43.9 Å². The third-order valence-corrected chi connectivity index (χ3v) is 4.39. The maximum Gasteiger partial charge on any atom is 0.115 e. The van der Waals surface area contributed by atoms with Crippen LogP contribution in [-0.2, 0) is 6.54 Å². The van der Waals surface area contributed by atoms with Gasteiger partial charge in [-0.3, -0.25) is 4.90 Å². The number of pyridine rings is 1. The molecule has 0 aliphatic carbocycles. The van der Waals surface area contributed by atoms with E-state index in [1.54, 1.807) is 12.1 Å². The molecular formula is C18H20N4O. The number of phenols is 1. The van der Waals surface area contributed by atoms with Crippen LogP contribution in [0.4, 0.5) is 5.69 Å². The van der Waals surface area contributed by atoms with Gasteiger partial charge in [-0.2, -0.15) is 5.10 Å². The summed E-state index contributed by atoms with van der Waals surface area (Å²) in [6.07, 6.45) is 1.99. The van der Waals surface area contributed by atoms with Crippen LogP contribution in [0.5, 0.6) is 5.75 Å². The van der Waals surface area contributed by atoms with E-state index in [2.05, 4.69) is 27.0 Å². The van der Waals surface area contributed by atoms with Crippen molar-refractivity contribution in [3.05, 3.63) is 60.4 Å². The number of rotatable bonds is 3. The van der Waals surface area contributed by atoms with Crippen molar-refractivity contribution in [3.8, 4) is 5.75 Å². The lowest BCUT2D eigenvalue weighted by atomic mass is 10.2. The number of hydrogen-bond donors (Lipinski definition) is 1. The second-order valence-electron chi connectivity index (χ2n) is 5.99. The summed E-state index contributed by atoms with van der Waals surface area (Å²) in [4.78, 5) is 4.80. The summed E-state index contributed by atoms with van der Waals surface area (Å²) in [5.41, 5.74) is 3.44. The summed E-state index contributed by atoms with van der Waals surface area (Å²) < 4.78 is 1.93. The van der Waals surface area contributed by atoms with Gasteiger partial charge in [-0.15, -0.1) is 0 Å². The van der Waals surface area contributed by atoms with Crippen LogP contribution >= 0.6 is 0 Å². The minimum absolute atomic E-state index is 0.319. The molecule has 0 radical (unpaired) electrons. The van der Waals surface area contributed by atoms with Gasteiger partial charge >= 0.3 is 0 Å². The predicted octanol–water partition coefficient (Wildman–Crippen LogP) is 2.36. The highest BCUT2D eigenvalue weighted by atomic mass is 16.3. The van der Waals surface area contributed by atoms with Gasteiger partial charge < -0.3 is 10.0 Å². The summed E-state index contributed by atoms with van der Waals surface area (Å²) in [5.74, 6) is 0.319. The molecule has 0 atom stereocenters. The summed E-state index contributed by atoms with van der Waals surface area (Å²) in [5, 5.41) is 14.0. The number of nitrogens with zero attached hydrogens (tertiary/aromatic N) is 4. The number of hydrogen-bond acceptors (Lipinski definition) is 4. The van der Waals surface area contributed by atoms with Crippen molar-refractivity contribution >= 4 is 11.2 Å². The molecule has 3 heterocycles. The van der Waals surface area contributed by atoms with Crippen molar-refractivity contribution < 1.29 is 5.11 Å². The lowest BCUT2D eigenvalue weighted by molar-refractivity contribution is 0.247. The smallest absolute Gasteiger partial charge is 0.115 e. The van der Waals surface area contributed by atoms with Crippen LogP contribution in [0.15, 0.2) is 54.7 Å². The summed E-state index contributed by atoms with van der Waals surface area (Å²) in [7, 11) is 0. The molecule has 1 fully saturated rings. The van der Waals surface area contributed by atoms with Crippen LogP contribution in [0.1, 0.15) is 5.69 Å². The molecule has 3 aromatic rings. The largest absolute Gasteiger partial charge is 0.508 e. The molecule has 0 unspecified atom stereocenters. The van der Waals surface area contributed by atoms with Gasteiger partial charge in [-0.25, -0.2) is 4.52 Å². The Hall–Kier alpha value is -2.53. The Bertz CT molecular complexity index is 755. The Morgan fingerprint density at radius 3 is 2.48 bits per heavy atom. The third-order valence-electron chi connectivity index (χ3n) is 4.39. The van der Waals surface area contributed by atoms with Crippen molar-refractivity contribution in [1.29, 1.82) is 0 Å². The lowest BCUT2D eigenvalue weighted by Gasteiger charge is -2.35. The van der Waals surface area contributed by atoms with E-state index in [1.165, 1.54) is 5.69 Å². The van der Waals surface area contributed by atoms with Crippen molar-refractivity contribution in [2.45, 2.75) is 6.54 Å². The first-order chi connectivity index (χ1) is 11.3. The quantitative estimate of drug-likeness (QED) is 0.807. The third kappa shape index (κ3) is 3.00. The van der Waals surface area contributed by atoms with Crippen LogP contribution < -0.4 is 4.90 Å². The first kappa shape index (κ1) is 14.1. The molecule has 0 bridgehead atoms. The zero-order chi connectivity index (χ0) is 15.6. The van der Waals surface area contributed by atoms with Crippen LogP contribution in [0.25, 0.3) is 5.52 Å². The molecule has 1 aromatic carbocycles. The van der Waals surface area contributed by atoms with Gasteiger partial charge in [-0.1, -0.05) is 6.07 Å². The van der Waals surface area contributed by atoms with Gasteiger partial charge in [0.05, 0.1) is 11.2 Å². The molecule has 23 heavy (non-hydrogen) atoms. The summed E-state index contributed by atoms with van der Waals surface area (Å²) >= 11 is 0. The molecule has 5 nitrogen and oxygen atoms in total. The van der Waals surface area contributed by atoms with E-state index >= 15 is 0 Å². The average Bonchev–Trinajstić information content (AvgIpc) is 2.98. The van der Waals surface area contributed by atoms with E-state index in [4.69, 9.17) is 0 Å². The van der Waals surface area contributed by atoms with Crippen molar-refractivity contribution in [2.24, 2.45) is 0 Å². The Morgan fingerprint density at radius 2 is 1.74 bits per heavy atom. The molecular weight excluding hydrogens is 288 g/mol. The fraction of sp³-hybridized carbons (Fsp3) is 0.278. The number of anilines is 1. The Kier molecular flexibility index (Phi) is 3.63. The fourth-order valence-electron chi connectivity index (χ4n) is 3.13. The second kappa shape index (κ2) is 5.93. The van der Waals surface area contributed by atoms with Gasteiger partial charge in [0, 0.05) is 44.6 Å². The molecule has 0 spiro atoms. The Labute approximate surface area is 135 Å². The van der Waals surface area contributed by atoms with Gasteiger partial charge in [-0.05, 0) is 42.5 Å². The van der Waals surface area contributed by atoms with Crippen molar-refractivity contribution in [2.75, 3.05) is 31.1 Å². The van der Waals surface area contributed by atoms with Crippen LogP contribution in [0.3, 0.4) is 0 Å². The van der Waals surface area contributed by atoms with Gasteiger partial charge in [0.1, 0.15) is 5.75 Å². The fourth-order valence-corrected chi connectivity index (χ4v) is 3.13. The molecule has 2 aromatic heterocycles. The van der Waals surface area contributed by atoms with Gasteiger partial charge in [0.25, 0.3) is 0 Å². The first-order valence-corrected chi connectivity index (χ1v) is 7.97. The molecule has 1 aliphatic heterocycles. The van der Waals surface area contributed by atoms with E-state index in [-0.39, 0.29) is 0 Å². The molecule has 1 N–H and O–H groups in total. The predicted molar refractivity (Wildman–Crippen MR) is 90.8 cm³/mol. The van der Waals surface area contributed by atoms with E-state index < -0.39 is 0 Å². The molecule has 1 aliphatic rings. The van der Waals surface area contributed by atoms with Crippen LogP contribution in [-0.4, -0.2) is 45.8 Å². The monoisotopic (exact) mass is 308 g/mol. The Morgan fingerprint density at radius 1 is 0.957 bits per heavy atom. The van der Waals surface area contributed by atoms with E-state index in [9.17, 15) is 5.11 Å². The average molecular weight is 308 g/mol. The molecule has 0 saturated carbocycles. The van der Waals surface area contributed by atoms with E-state index in [1.807, 2.05) is 35.0 Å². The topological polar surface area (TPSA) is 44.0 Å². The highest BCUT2D eigenvalue weighted by Crippen LogP contribution is 2.20. The number of benzene rings is 1. The number of piperazine rings is 1. The maximum atomic E-state index is 9.39. The highest BCUT2D eigenvalue weighted by molar-refractivity contribution is 5.49. The number of phenolic OH excluding ortho intramolecular Hbond substituents is 1. The van der Waals surface area contributed by atoms with Crippen LogP contribution in [0.2, 0.25) is 0 Å². The van der Waals surface area contributed by atoms with E-state index in [0.29, 0.717) is 5.75 Å². The maximum absolute atomic E-state index is 9.39. The number of aromatic hydroxyl groups is 1. The zero-order valence-electron chi connectivity index (χ0n) is 13.0. The lowest BCUT2D eigenvalue weighted by Crippen LogP contribution is -2.46. The Balaban J connectivity index is 1.38. The van der Waals surface area contributed by atoms with Gasteiger partial charge in [0.2, 0.25) is 0 Å². The standard InChI is InChI=1S/C18H20N4O/c23-18-6-4-16(5-7-18)21-11-9-20(10-12-21)14-15-13-17-3-1-2-8-22(17)19-15/h1-8,13,23H,9-12,14H2. The van der Waals surface area contributed by atoms with Crippen LogP contribution in [0, 0.1) is 0 Å².